The van der Waals surface area contributed by atoms with Gasteiger partial charge in [-0.05, 0) is 30.4 Å². The van der Waals surface area contributed by atoms with Gasteiger partial charge in [0.05, 0.1) is 21.3 Å². The number of benzene rings is 1. The standard InChI is InChI=1S/C11H13N3O4S3/c1-20(15,16)7-2-3-10-8(6-7)9(13-14-11(12)19)4-5-21(10,17)18/h2-3,6H,4-5H2,1H3,(H3,12,14,19)/b13-9+. The van der Waals surface area contributed by atoms with Gasteiger partial charge < -0.3 is 5.73 Å². The van der Waals surface area contributed by atoms with Crippen molar-refractivity contribution in [1.29, 1.82) is 0 Å². The van der Waals surface area contributed by atoms with Crippen molar-refractivity contribution < 1.29 is 16.8 Å². The Kier molecular flexibility index (Phi) is 4.04. The molecule has 0 atom stereocenters. The van der Waals surface area contributed by atoms with E-state index in [1.54, 1.807) is 0 Å². The number of fused-ring (bicyclic) bond motifs is 1. The van der Waals surface area contributed by atoms with Gasteiger partial charge in [0.25, 0.3) is 0 Å². The van der Waals surface area contributed by atoms with Gasteiger partial charge in [-0.3, -0.25) is 5.43 Å². The Hall–Kier alpha value is -1.52. The fourth-order valence-electron chi connectivity index (χ4n) is 1.95. The van der Waals surface area contributed by atoms with Crippen molar-refractivity contribution in [2.24, 2.45) is 10.8 Å². The summed E-state index contributed by atoms with van der Waals surface area (Å²) in [4.78, 5) is 0.0889. The first-order valence-electron chi connectivity index (χ1n) is 5.80. The Morgan fingerprint density at radius 3 is 2.67 bits per heavy atom. The second-order valence-electron chi connectivity index (χ2n) is 4.53. The fraction of sp³-hybridized carbons (Fsp3) is 0.273. The second-order valence-corrected chi connectivity index (χ2v) is 9.07. The van der Waals surface area contributed by atoms with Gasteiger partial charge >= 0.3 is 0 Å². The van der Waals surface area contributed by atoms with Crippen LogP contribution in [0.25, 0.3) is 0 Å². The van der Waals surface area contributed by atoms with E-state index >= 15 is 0 Å². The summed E-state index contributed by atoms with van der Waals surface area (Å²) in [6, 6.07) is 3.87. The van der Waals surface area contributed by atoms with Crippen molar-refractivity contribution in [3.8, 4) is 0 Å². The van der Waals surface area contributed by atoms with Crippen LogP contribution >= 0.6 is 12.2 Å². The molecule has 1 aromatic rings. The van der Waals surface area contributed by atoms with Gasteiger partial charge in [-0.2, -0.15) is 5.10 Å². The summed E-state index contributed by atoms with van der Waals surface area (Å²) in [5.41, 5.74) is 8.33. The number of rotatable bonds is 2. The summed E-state index contributed by atoms with van der Waals surface area (Å²) in [5.74, 6) is -0.101. The van der Waals surface area contributed by atoms with E-state index in [9.17, 15) is 16.8 Å². The lowest BCUT2D eigenvalue weighted by atomic mass is 10.1. The summed E-state index contributed by atoms with van der Waals surface area (Å²) < 4.78 is 47.3. The summed E-state index contributed by atoms with van der Waals surface area (Å²) in [6.45, 7) is 0. The molecule has 0 saturated carbocycles. The SMILES string of the molecule is CS(=O)(=O)c1ccc2c(c1)/C(=N/NC(N)=S)CCS2(=O)=O. The normalized spacial score (nSPS) is 19.0. The molecule has 0 radical (unpaired) electrons. The molecule has 0 aliphatic carbocycles. The van der Waals surface area contributed by atoms with E-state index in [1.807, 2.05) is 0 Å². The van der Waals surface area contributed by atoms with Crippen molar-refractivity contribution in [3.63, 3.8) is 0 Å². The van der Waals surface area contributed by atoms with Crippen LogP contribution in [0.1, 0.15) is 12.0 Å². The van der Waals surface area contributed by atoms with Crippen LogP contribution in [-0.4, -0.2) is 39.7 Å². The minimum Gasteiger partial charge on any atom is -0.375 e. The van der Waals surface area contributed by atoms with Crippen molar-refractivity contribution in [3.05, 3.63) is 23.8 Å². The topological polar surface area (TPSA) is 119 Å². The van der Waals surface area contributed by atoms with E-state index in [2.05, 4.69) is 22.7 Å². The molecule has 1 aliphatic rings. The maximum Gasteiger partial charge on any atom is 0.184 e. The number of hydrazone groups is 1. The molecule has 2 rings (SSSR count). The fourth-order valence-corrected chi connectivity index (χ4v) is 4.11. The summed E-state index contributed by atoms with van der Waals surface area (Å²) >= 11 is 4.64. The highest BCUT2D eigenvalue weighted by Gasteiger charge is 2.29. The molecule has 0 saturated heterocycles. The lowest BCUT2D eigenvalue weighted by Gasteiger charge is -2.19. The van der Waals surface area contributed by atoms with Crippen molar-refractivity contribution in [1.82, 2.24) is 5.43 Å². The van der Waals surface area contributed by atoms with Crippen LogP contribution in [0, 0.1) is 0 Å². The largest absolute Gasteiger partial charge is 0.375 e. The number of hydrogen-bond donors (Lipinski definition) is 2. The molecule has 3 N–H and O–H groups in total. The Labute approximate surface area is 128 Å². The molecule has 1 aromatic carbocycles. The smallest absolute Gasteiger partial charge is 0.184 e. The third-order valence-corrected chi connectivity index (χ3v) is 5.90. The van der Waals surface area contributed by atoms with Gasteiger partial charge in [-0.15, -0.1) is 0 Å². The molecule has 0 aromatic heterocycles. The molecule has 1 heterocycles. The molecule has 0 bridgehead atoms. The van der Waals surface area contributed by atoms with E-state index in [-0.39, 0.29) is 32.6 Å². The highest BCUT2D eigenvalue weighted by Crippen LogP contribution is 2.27. The van der Waals surface area contributed by atoms with Crippen LogP contribution in [0.4, 0.5) is 0 Å². The van der Waals surface area contributed by atoms with E-state index in [0.29, 0.717) is 5.71 Å². The van der Waals surface area contributed by atoms with E-state index in [1.165, 1.54) is 18.2 Å². The van der Waals surface area contributed by atoms with Crippen molar-refractivity contribution in [2.75, 3.05) is 12.0 Å². The van der Waals surface area contributed by atoms with E-state index < -0.39 is 19.7 Å². The predicted molar refractivity (Wildman–Crippen MR) is 82.7 cm³/mol. The molecular weight excluding hydrogens is 334 g/mol. The average molecular weight is 347 g/mol. The first kappa shape index (κ1) is 15.9. The average Bonchev–Trinajstić information content (AvgIpc) is 2.36. The maximum atomic E-state index is 12.0. The number of nitrogens with two attached hydrogens (primary N) is 1. The van der Waals surface area contributed by atoms with Crippen LogP contribution < -0.4 is 11.2 Å². The van der Waals surface area contributed by atoms with Crippen molar-refractivity contribution in [2.45, 2.75) is 16.2 Å². The molecule has 0 amide bonds. The van der Waals surface area contributed by atoms with Crippen LogP contribution in [-0.2, 0) is 19.7 Å². The number of sulfone groups is 2. The lowest BCUT2D eigenvalue weighted by Crippen LogP contribution is -2.29. The summed E-state index contributed by atoms with van der Waals surface area (Å²) in [6.07, 6.45) is 1.20. The minimum atomic E-state index is -3.45. The quantitative estimate of drug-likeness (QED) is 0.562. The molecule has 0 unspecified atom stereocenters. The zero-order chi connectivity index (χ0) is 15.8. The molecule has 0 spiro atoms. The van der Waals surface area contributed by atoms with Gasteiger partial charge in [0.2, 0.25) is 0 Å². The van der Waals surface area contributed by atoms with Gasteiger partial charge in [0.1, 0.15) is 0 Å². The highest BCUT2D eigenvalue weighted by molar-refractivity contribution is 7.91. The third kappa shape index (κ3) is 3.39. The maximum absolute atomic E-state index is 12.0. The predicted octanol–water partition coefficient (Wildman–Crippen LogP) is -0.195. The zero-order valence-corrected chi connectivity index (χ0v) is 13.5. The first-order valence-corrected chi connectivity index (χ1v) is 9.76. The van der Waals surface area contributed by atoms with E-state index in [4.69, 9.17) is 5.73 Å². The Morgan fingerprint density at radius 1 is 1.43 bits per heavy atom. The zero-order valence-electron chi connectivity index (χ0n) is 11.0. The molecule has 21 heavy (non-hydrogen) atoms. The molecule has 114 valence electrons. The van der Waals surface area contributed by atoms with Crippen LogP contribution in [0.2, 0.25) is 0 Å². The Balaban J connectivity index is 2.66. The first-order chi connectivity index (χ1) is 9.61. The lowest BCUT2D eigenvalue weighted by molar-refractivity contribution is 0.592. The number of nitrogens with one attached hydrogen (secondary N) is 1. The monoisotopic (exact) mass is 347 g/mol. The van der Waals surface area contributed by atoms with Crippen molar-refractivity contribution >= 4 is 42.7 Å². The molecule has 7 nitrogen and oxygen atoms in total. The summed E-state index contributed by atoms with van der Waals surface area (Å²) in [7, 11) is -6.89. The molecule has 0 fully saturated rings. The van der Waals surface area contributed by atoms with Crippen LogP contribution in [0.5, 0.6) is 0 Å². The molecular formula is C11H13N3O4S3. The Bertz CT molecular complexity index is 841. The van der Waals surface area contributed by atoms with Gasteiger partial charge in [-0.1, -0.05) is 0 Å². The minimum absolute atomic E-state index is 0.0291. The highest BCUT2D eigenvalue weighted by atomic mass is 32.2. The Morgan fingerprint density at radius 2 is 2.10 bits per heavy atom. The molecule has 1 aliphatic heterocycles. The van der Waals surface area contributed by atoms with Crippen LogP contribution in [0.3, 0.4) is 0 Å². The molecule has 10 heteroatoms. The third-order valence-electron chi connectivity index (χ3n) is 2.93. The summed E-state index contributed by atoms with van der Waals surface area (Å²) in [5, 5.41) is 3.90. The van der Waals surface area contributed by atoms with Crippen LogP contribution in [0.15, 0.2) is 33.1 Å². The van der Waals surface area contributed by atoms with Gasteiger partial charge in [-0.25, -0.2) is 16.8 Å². The second kappa shape index (κ2) is 5.35. The number of thiocarbonyl (C=S) groups is 1. The van der Waals surface area contributed by atoms with Gasteiger partial charge in [0, 0.05) is 18.2 Å². The number of hydrogen-bond acceptors (Lipinski definition) is 6. The van der Waals surface area contributed by atoms with E-state index in [0.717, 1.165) is 6.26 Å². The van der Waals surface area contributed by atoms with Gasteiger partial charge in [0.15, 0.2) is 24.8 Å². The number of nitrogens with zero attached hydrogens (tertiary/aromatic N) is 1.